The fourth-order valence-corrected chi connectivity index (χ4v) is 1.63. The third kappa shape index (κ3) is 7.48. The van der Waals surface area contributed by atoms with E-state index in [1.807, 2.05) is 0 Å². The summed E-state index contributed by atoms with van der Waals surface area (Å²) in [5.41, 5.74) is -0.923. The minimum absolute atomic E-state index is 0.118. The molecule has 0 aliphatic carbocycles. The van der Waals surface area contributed by atoms with Gasteiger partial charge in [-0.1, -0.05) is 6.07 Å². The molecule has 0 aliphatic rings. The average molecular weight is 334 g/mol. The predicted octanol–water partition coefficient (Wildman–Crippen LogP) is 2.40. The summed E-state index contributed by atoms with van der Waals surface area (Å²) >= 11 is 0. The number of aromatic nitrogens is 1. The average Bonchev–Trinajstić information content (AvgIpc) is 2.42. The van der Waals surface area contributed by atoms with E-state index in [-0.39, 0.29) is 24.4 Å². The highest BCUT2D eigenvalue weighted by atomic mass is 19.4. The monoisotopic (exact) mass is 334 g/mol. The van der Waals surface area contributed by atoms with E-state index in [9.17, 15) is 22.8 Å². The molecule has 0 fully saturated rings. The molecule has 0 aliphatic heterocycles. The SMILES string of the molecule is CC(C)(CCC(=O)O)NC(=O)c1cccc(OCC(F)(F)F)n1. The number of hydrogen-bond donors (Lipinski definition) is 2. The summed E-state index contributed by atoms with van der Waals surface area (Å²) in [5, 5.41) is 11.2. The van der Waals surface area contributed by atoms with Gasteiger partial charge in [0, 0.05) is 18.0 Å². The molecule has 1 heterocycles. The van der Waals surface area contributed by atoms with Crippen molar-refractivity contribution in [2.45, 2.75) is 38.4 Å². The molecule has 0 radical (unpaired) electrons. The lowest BCUT2D eigenvalue weighted by Crippen LogP contribution is -2.44. The Bertz CT molecular complexity index is 573. The molecule has 6 nitrogen and oxygen atoms in total. The highest BCUT2D eigenvalue weighted by molar-refractivity contribution is 5.92. The van der Waals surface area contributed by atoms with E-state index in [2.05, 4.69) is 15.0 Å². The van der Waals surface area contributed by atoms with Crippen molar-refractivity contribution >= 4 is 11.9 Å². The Balaban J connectivity index is 2.71. The second kappa shape index (κ2) is 7.30. The maximum absolute atomic E-state index is 12.1. The highest BCUT2D eigenvalue weighted by Gasteiger charge is 2.29. The first-order valence-electron chi connectivity index (χ1n) is 6.69. The van der Waals surface area contributed by atoms with Crippen molar-refractivity contribution in [3.05, 3.63) is 23.9 Å². The van der Waals surface area contributed by atoms with E-state index in [1.54, 1.807) is 13.8 Å². The van der Waals surface area contributed by atoms with Gasteiger partial charge in [0.15, 0.2) is 6.61 Å². The van der Waals surface area contributed by atoms with Gasteiger partial charge in [0.05, 0.1) is 0 Å². The lowest BCUT2D eigenvalue weighted by molar-refractivity contribution is -0.154. The van der Waals surface area contributed by atoms with Gasteiger partial charge in [-0.3, -0.25) is 9.59 Å². The number of alkyl halides is 3. The van der Waals surface area contributed by atoms with Crippen molar-refractivity contribution in [3.8, 4) is 5.88 Å². The molecule has 0 aromatic carbocycles. The maximum atomic E-state index is 12.1. The lowest BCUT2D eigenvalue weighted by Gasteiger charge is -2.25. The Morgan fingerprint density at radius 1 is 1.30 bits per heavy atom. The third-order valence-electron chi connectivity index (χ3n) is 2.76. The van der Waals surface area contributed by atoms with Gasteiger partial charge < -0.3 is 15.2 Å². The molecule has 0 saturated heterocycles. The summed E-state index contributed by atoms with van der Waals surface area (Å²) in [7, 11) is 0. The molecule has 0 bridgehead atoms. The van der Waals surface area contributed by atoms with Gasteiger partial charge >= 0.3 is 12.1 Å². The van der Waals surface area contributed by atoms with Crippen LogP contribution in [-0.4, -0.2) is 40.3 Å². The van der Waals surface area contributed by atoms with Gasteiger partial charge in [0.2, 0.25) is 5.88 Å². The number of pyridine rings is 1. The fourth-order valence-electron chi connectivity index (χ4n) is 1.63. The molecule has 2 N–H and O–H groups in total. The first-order chi connectivity index (χ1) is 10.5. The first-order valence-corrected chi connectivity index (χ1v) is 6.69. The normalized spacial score (nSPS) is 11.9. The zero-order valence-corrected chi connectivity index (χ0v) is 12.6. The van der Waals surface area contributed by atoms with Crippen LogP contribution in [0.4, 0.5) is 13.2 Å². The van der Waals surface area contributed by atoms with E-state index < -0.39 is 30.2 Å². The van der Waals surface area contributed by atoms with Crippen LogP contribution in [0.5, 0.6) is 5.88 Å². The van der Waals surface area contributed by atoms with Crippen LogP contribution in [0.15, 0.2) is 18.2 Å². The number of amides is 1. The molecule has 0 saturated carbocycles. The number of rotatable bonds is 7. The van der Waals surface area contributed by atoms with Crippen molar-refractivity contribution in [2.75, 3.05) is 6.61 Å². The highest BCUT2D eigenvalue weighted by Crippen LogP contribution is 2.18. The van der Waals surface area contributed by atoms with Gasteiger partial charge in [-0.15, -0.1) is 0 Å². The summed E-state index contributed by atoms with van der Waals surface area (Å²) in [4.78, 5) is 26.3. The molecular formula is C14H17F3N2O4. The van der Waals surface area contributed by atoms with E-state index in [0.717, 1.165) is 0 Å². The minimum Gasteiger partial charge on any atom is -0.481 e. The predicted molar refractivity (Wildman–Crippen MR) is 74.2 cm³/mol. The number of ether oxygens (including phenoxy) is 1. The number of carbonyl (C=O) groups excluding carboxylic acids is 1. The molecule has 23 heavy (non-hydrogen) atoms. The Kier molecular flexibility index (Phi) is 5.94. The van der Waals surface area contributed by atoms with Gasteiger partial charge in [0.1, 0.15) is 5.69 Å². The van der Waals surface area contributed by atoms with Crippen LogP contribution in [0.1, 0.15) is 37.2 Å². The van der Waals surface area contributed by atoms with Crippen molar-refractivity contribution in [2.24, 2.45) is 0 Å². The standard InChI is InChI=1S/C14H17F3N2O4/c1-13(2,7-6-11(20)21)19-12(22)9-4-3-5-10(18-9)23-8-14(15,16)17/h3-5H,6-8H2,1-2H3,(H,19,22)(H,20,21). The zero-order chi connectivity index (χ0) is 17.7. The van der Waals surface area contributed by atoms with Crippen molar-refractivity contribution in [3.63, 3.8) is 0 Å². The van der Waals surface area contributed by atoms with Gasteiger partial charge in [0.25, 0.3) is 5.91 Å². The van der Waals surface area contributed by atoms with E-state index >= 15 is 0 Å². The summed E-state index contributed by atoms with van der Waals surface area (Å²) in [6.07, 6.45) is -4.44. The fraction of sp³-hybridized carbons (Fsp3) is 0.500. The van der Waals surface area contributed by atoms with Crippen molar-refractivity contribution in [1.82, 2.24) is 10.3 Å². The second-order valence-corrected chi connectivity index (χ2v) is 5.50. The van der Waals surface area contributed by atoms with Crippen molar-refractivity contribution < 1.29 is 32.6 Å². The molecule has 1 rings (SSSR count). The van der Waals surface area contributed by atoms with E-state index in [0.29, 0.717) is 0 Å². The zero-order valence-electron chi connectivity index (χ0n) is 12.6. The van der Waals surface area contributed by atoms with Crippen LogP contribution < -0.4 is 10.1 Å². The number of carbonyl (C=O) groups is 2. The first kappa shape index (κ1) is 18.7. The van der Waals surface area contributed by atoms with Crippen LogP contribution >= 0.6 is 0 Å². The summed E-state index contributed by atoms with van der Waals surface area (Å²) < 4.78 is 40.8. The number of halogens is 3. The number of nitrogens with one attached hydrogen (secondary N) is 1. The summed E-state index contributed by atoms with van der Waals surface area (Å²) in [6.45, 7) is 1.77. The molecule has 1 aromatic rings. The molecule has 0 atom stereocenters. The molecule has 0 unspecified atom stereocenters. The second-order valence-electron chi connectivity index (χ2n) is 5.50. The van der Waals surface area contributed by atoms with Crippen LogP contribution in [0.3, 0.4) is 0 Å². The summed E-state index contributed by atoms with van der Waals surface area (Å²) in [6, 6.07) is 3.87. The minimum atomic E-state index is -4.50. The van der Waals surface area contributed by atoms with Crippen LogP contribution in [-0.2, 0) is 4.79 Å². The topological polar surface area (TPSA) is 88.5 Å². The quantitative estimate of drug-likeness (QED) is 0.799. The van der Waals surface area contributed by atoms with Crippen molar-refractivity contribution in [1.29, 1.82) is 0 Å². The van der Waals surface area contributed by atoms with E-state index in [4.69, 9.17) is 5.11 Å². The van der Waals surface area contributed by atoms with Gasteiger partial charge in [-0.2, -0.15) is 13.2 Å². The Labute approximate surface area is 130 Å². The number of aliphatic carboxylic acids is 1. The number of hydrogen-bond acceptors (Lipinski definition) is 4. The Morgan fingerprint density at radius 3 is 2.52 bits per heavy atom. The van der Waals surface area contributed by atoms with Gasteiger partial charge in [-0.05, 0) is 26.3 Å². The third-order valence-corrected chi connectivity index (χ3v) is 2.76. The maximum Gasteiger partial charge on any atom is 0.422 e. The number of nitrogens with zero attached hydrogens (tertiary/aromatic N) is 1. The van der Waals surface area contributed by atoms with E-state index in [1.165, 1.54) is 18.2 Å². The molecule has 1 amide bonds. The van der Waals surface area contributed by atoms with Crippen LogP contribution in [0.2, 0.25) is 0 Å². The molecule has 1 aromatic heterocycles. The molecule has 0 spiro atoms. The summed E-state index contributed by atoms with van der Waals surface area (Å²) in [5.74, 6) is -1.94. The molecule has 9 heteroatoms. The number of carboxylic acids is 1. The smallest absolute Gasteiger partial charge is 0.422 e. The molecular weight excluding hydrogens is 317 g/mol. The number of carboxylic acid groups (broad SMARTS) is 1. The van der Waals surface area contributed by atoms with Gasteiger partial charge in [-0.25, -0.2) is 4.98 Å². The Morgan fingerprint density at radius 2 is 1.96 bits per heavy atom. The Hall–Kier alpha value is -2.32. The largest absolute Gasteiger partial charge is 0.481 e. The van der Waals surface area contributed by atoms with Crippen LogP contribution in [0, 0.1) is 0 Å². The lowest BCUT2D eigenvalue weighted by atomic mass is 9.98. The molecule has 128 valence electrons. The van der Waals surface area contributed by atoms with Crippen LogP contribution in [0.25, 0.3) is 0 Å².